The number of amidine groups is 1. The molecule has 3 heteroatoms. The third-order valence-corrected chi connectivity index (χ3v) is 2.16. The van der Waals surface area contributed by atoms with Gasteiger partial charge in [0.15, 0.2) is 0 Å². The highest BCUT2D eigenvalue weighted by Gasteiger charge is 2.26. The molecule has 0 saturated heterocycles. The lowest BCUT2D eigenvalue weighted by molar-refractivity contribution is 0.210. The lowest BCUT2D eigenvalue weighted by Crippen LogP contribution is -2.16. The molecule has 0 bridgehead atoms. The van der Waals surface area contributed by atoms with Crippen molar-refractivity contribution in [1.82, 2.24) is 0 Å². The van der Waals surface area contributed by atoms with E-state index in [-0.39, 0.29) is 12.1 Å². The number of hydrogen-bond acceptors (Lipinski definition) is 3. The summed E-state index contributed by atoms with van der Waals surface area (Å²) in [6.45, 7) is 1.97. The molecule has 2 atom stereocenters. The minimum absolute atomic E-state index is 0.0439. The summed E-state index contributed by atoms with van der Waals surface area (Å²) in [5, 5.41) is 0. The molecule has 1 aromatic carbocycles. The van der Waals surface area contributed by atoms with Crippen molar-refractivity contribution >= 4 is 6.02 Å². The molecule has 0 fully saturated rings. The van der Waals surface area contributed by atoms with E-state index < -0.39 is 0 Å². The Hall–Kier alpha value is -1.51. The summed E-state index contributed by atoms with van der Waals surface area (Å²) in [4.78, 5) is 4.21. The Morgan fingerprint density at radius 2 is 2.00 bits per heavy atom. The summed E-state index contributed by atoms with van der Waals surface area (Å²) < 4.78 is 5.26. The molecule has 0 unspecified atom stereocenters. The first-order valence-corrected chi connectivity index (χ1v) is 4.32. The van der Waals surface area contributed by atoms with Crippen LogP contribution in [0.4, 0.5) is 0 Å². The number of nitrogens with two attached hydrogens (primary N) is 1. The van der Waals surface area contributed by atoms with Crippen molar-refractivity contribution in [3.63, 3.8) is 0 Å². The molecule has 0 radical (unpaired) electrons. The number of aliphatic imine (C=N–C) groups is 1. The van der Waals surface area contributed by atoms with Gasteiger partial charge in [-0.05, 0) is 12.5 Å². The van der Waals surface area contributed by atoms with Gasteiger partial charge in [0, 0.05) is 0 Å². The Labute approximate surface area is 77.2 Å². The Morgan fingerprint density at radius 3 is 2.54 bits per heavy atom. The summed E-state index contributed by atoms with van der Waals surface area (Å²) in [7, 11) is 0. The van der Waals surface area contributed by atoms with Gasteiger partial charge in [0.05, 0.1) is 0 Å². The molecule has 68 valence electrons. The summed E-state index contributed by atoms with van der Waals surface area (Å²) >= 11 is 0. The second-order valence-electron chi connectivity index (χ2n) is 3.15. The van der Waals surface area contributed by atoms with Gasteiger partial charge in [0.25, 0.3) is 6.02 Å². The summed E-state index contributed by atoms with van der Waals surface area (Å²) in [6.07, 6.45) is 0.0439. The van der Waals surface area contributed by atoms with E-state index in [2.05, 4.69) is 4.99 Å². The number of rotatable bonds is 1. The molecule has 1 heterocycles. The van der Waals surface area contributed by atoms with Gasteiger partial charge in [-0.2, -0.15) is 0 Å². The average molecular weight is 176 g/mol. The van der Waals surface area contributed by atoms with E-state index in [1.807, 2.05) is 37.3 Å². The highest BCUT2D eigenvalue weighted by atomic mass is 16.5. The zero-order chi connectivity index (χ0) is 9.26. The fraction of sp³-hybridized carbons (Fsp3) is 0.300. The van der Waals surface area contributed by atoms with Crippen LogP contribution in [0, 0.1) is 0 Å². The average Bonchev–Trinajstić information content (AvgIpc) is 2.47. The quantitative estimate of drug-likeness (QED) is 0.704. The first-order valence-electron chi connectivity index (χ1n) is 4.32. The molecule has 1 aliphatic rings. The van der Waals surface area contributed by atoms with Gasteiger partial charge in [-0.3, -0.25) is 0 Å². The molecule has 1 aliphatic heterocycles. The highest BCUT2D eigenvalue weighted by molar-refractivity contribution is 5.73. The largest absolute Gasteiger partial charge is 0.460 e. The van der Waals surface area contributed by atoms with E-state index in [0.29, 0.717) is 6.02 Å². The Balaban J connectivity index is 2.27. The predicted molar refractivity (Wildman–Crippen MR) is 51.4 cm³/mol. The lowest BCUT2D eigenvalue weighted by Gasteiger charge is -2.11. The van der Waals surface area contributed by atoms with Crippen LogP contribution in [0.15, 0.2) is 35.3 Å². The standard InChI is InChI=1S/C10H12N2O/c1-7-9(12-10(11)13-7)8-5-3-2-4-6-8/h2-7,9H,1H3,(H2,11,12)/t7-,9+/m0/s1. The number of hydrogen-bond donors (Lipinski definition) is 1. The van der Waals surface area contributed by atoms with Crippen LogP contribution in [0.2, 0.25) is 0 Å². The first-order chi connectivity index (χ1) is 6.27. The van der Waals surface area contributed by atoms with Crippen LogP contribution in [0.3, 0.4) is 0 Å². The zero-order valence-corrected chi connectivity index (χ0v) is 7.47. The minimum atomic E-state index is 0.0439. The number of nitrogens with zero attached hydrogens (tertiary/aromatic N) is 1. The van der Waals surface area contributed by atoms with E-state index in [1.54, 1.807) is 0 Å². The van der Waals surface area contributed by atoms with Crippen LogP contribution in [0.1, 0.15) is 18.5 Å². The molecule has 3 nitrogen and oxygen atoms in total. The van der Waals surface area contributed by atoms with Crippen molar-refractivity contribution < 1.29 is 4.74 Å². The fourth-order valence-corrected chi connectivity index (χ4v) is 1.52. The van der Waals surface area contributed by atoms with Crippen LogP contribution in [-0.4, -0.2) is 12.1 Å². The molecule has 0 aliphatic carbocycles. The van der Waals surface area contributed by atoms with Crippen molar-refractivity contribution in [1.29, 1.82) is 0 Å². The second kappa shape index (κ2) is 3.09. The van der Waals surface area contributed by atoms with Gasteiger partial charge >= 0.3 is 0 Å². The van der Waals surface area contributed by atoms with Gasteiger partial charge in [-0.1, -0.05) is 30.3 Å². The first kappa shape index (κ1) is 8.10. The maximum Gasteiger partial charge on any atom is 0.283 e. The zero-order valence-electron chi connectivity index (χ0n) is 7.47. The minimum Gasteiger partial charge on any atom is -0.460 e. The highest BCUT2D eigenvalue weighted by Crippen LogP contribution is 2.27. The molecule has 1 aromatic rings. The molecule has 13 heavy (non-hydrogen) atoms. The molecule has 0 amide bonds. The molecule has 2 N–H and O–H groups in total. The van der Waals surface area contributed by atoms with Crippen molar-refractivity contribution in [2.75, 3.05) is 0 Å². The van der Waals surface area contributed by atoms with E-state index in [4.69, 9.17) is 10.5 Å². The number of ether oxygens (including phenoxy) is 1. The van der Waals surface area contributed by atoms with Crippen LogP contribution < -0.4 is 5.73 Å². The molecule has 0 spiro atoms. The van der Waals surface area contributed by atoms with Crippen LogP contribution in [-0.2, 0) is 4.74 Å². The molecular formula is C10H12N2O. The topological polar surface area (TPSA) is 47.6 Å². The van der Waals surface area contributed by atoms with Crippen LogP contribution in [0.25, 0.3) is 0 Å². The normalized spacial score (nSPS) is 26.7. The van der Waals surface area contributed by atoms with Crippen molar-refractivity contribution in [2.24, 2.45) is 10.7 Å². The monoisotopic (exact) mass is 176 g/mol. The Bertz CT molecular complexity index is 321. The van der Waals surface area contributed by atoms with Crippen molar-refractivity contribution in [3.05, 3.63) is 35.9 Å². The smallest absolute Gasteiger partial charge is 0.283 e. The fourth-order valence-electron chi connectivity index (χ4n) is 1.52. The van der Waals surface area contributed by atoms with Crippen molar-refractivity contribution in [2.45, 2.75) is 19.1 Å². The summed E-state index contributed by atoms with van der Waals surface area (Å²) in [5.74, 6) is 0. The third kappa shape index (κ3) is 1.49. The van der Waals surface area contributed by atoms with Gasteiger partial charge in [-0.25, -0.2) is 4.99 Å². The van der Waals surface area contributed by atoms with Crippen molar-refractivity contribution in [3.8, 4) is 0 Å². The second-order valence-corrected chi connectivity index (χ2v) is 3.15. The predicted octanol–water partition coefficient (Wildman–Crippen LogP) is 1.46. The van der Waals surface area contributed by atoms with E-state index in [1.165, 1.54) is 0 Å². The molecule has 0 aromatic heterocycles. The van der Waals surface area contributed by atoms with Gasteiger partial charge in [-0.15, -0.1) is 0 Å². The summed E-state index contributed by atoms with van der Waals surface area (Å²) in [5.41, 5.74) is 6.63. The van der Waals surface area contributed by atoms with Crippen LogP contribution >= 0.6 is 0 Å². The SMILES string of the molecule is C[C@@H]1OC(N)=N[C@H]1c1ccccc1. The van der Waals surface area contributed by atoms with Gasteiger partial charge in [0.2, 0.25) is 0 Å². The Morgan fingerprint density at radius 1 is 1.31 bits per heavy atom. The third-order valence-electron chi connectivity index (χ3n) is 2.16. The maximum atomic E-state index is 5.48. The van der Waals surface area contributed by atoms with E-state index >= 15 is 0 Å². The molecule has 0 saturated carbocycles. The van der Waals surface area contributed by atoms with E-state index in [9.17, 15) is 0 Å². The van der Waals surface area contributed by atoms with Crippen LogP contribution in [0.5, 0.6) is 0 Å². The molecule has 2 rings (SSSR count). The van der Waals surface area contributed by atoms with E-state index in [0.717, 1.165) is 5.56 Å². The van der Waals surface area contributed by atoms with Gasteiger partial charge < -0.3 is 10.5 Å². The van der Waals surface area contributed by atoms with Gasteiger partial charge in [0.1, 0.15) is 12.1 Å². The summed E-state index contributed by atoms with van der Waals surface area (Å²) in [6, 6.07) is 10.4. The maximum absolute atomic E-state index is 5.48. The Kier molecular flexibility index (Phi) is 1.93. The lowest BCUT2D eigenvalue weighted by atomic mass is 10.0. The molecular weight excluding hydrogens is 164 g/mol. The number of benzene rings is 1.